The highest BCUT2D eigenvalue weighted by Gasteiger charge is 2.74. The Hall–Kier alpha value is -2.26. The molecule has 7 rings (SSSR count). The van der Waals surface area contributed by atoms with Crippen LogP contribution in [0.3, 0.4) is 0 Å². The minimum absolute atomic E-state index is 0.0654. The summed E-state index contributed by atoms with van der Waals surface area (Å²) in [7, 11) is 1.22. The van der Waals surface area contributed by atoms with Crippen molar-refractivity contribution in [3.8, 4) is 0 Å². The summed E-state index contributed by atoms with van der Waals surface area (Å²) < 4.78 is 36.7. The molecule has 0 bridgehead atoms. The van der Waals surface area contributed by atoms with Crippen LogP contribution in [-0.4, -0.2) is 57.1 Å². The van der Waals surface area contributed by atoms with Crippen LogP contribution in [0.2, 0.25) is 0 Å². The summed E-state index contributed by atoms with van der Waals surface area (Å²) >= 11 is 0. The van der Waals surface area contributed by atoms with Crippen LogP contribution in [-0.2, 0) is 43.6 Å². The highest BCUT2D eigenvalue weighted by atomic mass is 16.7. The Morgan fingerprint density at radius 3 is 2.30 bits per heavy atom. The molecule has 216 valence electrons. The minimum atomic E-state index is -1.09. The molecule has 0 unspecified atom stereocenters. The second kappa shape index (κ2) is 9.12. The zero-order valence-electron chi connectivity index (χ0n) is 23.7. The maximum Gasteiger partial charge on any atom is 0.418 e. The van der Waals surface area contributed by atoms with E-state index in [9.17, 15) is 9.59 Å². The zero-order chi connectivity index (χ0) is 27.8. The van der Waals surface area contributed by atoms with E-state index in [0.717, 1.165) is 37.7 Å². The van der Waals surface area contributed by atoms with Crippen molar-refractivity contribution >= 4 is 11.9 Å². The van der Waals surface area contributed by atoms with Crippen molar-refractivity contribution in [1.82, 2.24) is 0 Å². The van der Waals surface area contributed by atoms with E-state index in [2.05, 4.69) is 19.9 Å². The quantitative estimate of drug-likeness (QED) is 0.298. The zero-order valence-corrected chi connectivity index (χ0v) is 23.7. The van der Waals surface area contributed by atoms with Crippen molar-refractivity contribution in [3.05, 3.63) is 47.5 Å². The summed E-state index contributed by atoms with van der Waals surface area (Å²) in [6.45, 7) is 6.93. The van der Waals surface area contributed by atoms with Gasteiger partial charge in [0.1, 0.15) is 5.60 Å². The molecule has 5 fully saturated rings. The van der Waals surface area contributed by atoms with Crippen LogP contribution < -0.4 is 0 Å². The maximum atomic E-state index is 13.5. The molecule has 2 aliphatic heterocycles. The van der Waals surface area contributed by atoms with Crippen molar-refractivity contribution in [2.75, 3.05) is 33.5 Å². The molecule has 2 spiro atoms. The van der Waals surface area contributed by atoms with Gasteiger partial charge < -0.3 is 28.4 Å². The Morgan fingerprint density at radius 1 is 0.900 bits per heavy atom. The standard InChI is InChI=1S/C32H40O8/c1-28-13-14-30(36-15-16-37-30)19-22(28)9-10-23-24-11-12-32(38-17-18-39-32)29(24,2)20-31(25(23)28,21-7-5-4-6-8-21)40-27(34)26(33)35-3/h4-9,23-25H,10-20H2,1-3H3/t23-,24-,25-,28-,29-,31+/m0/s1. The summed E-state index contributed by atoms with van der Waals surface area (Å²) in [6, 6.07) is 10.0. The van der Waals surface area contributed by atoms with E-state index in [1.165, 1.54) is 12.7 Å². The third-order valence-corrected chi connectivity index (χ3v) is 11.5. The molecule has 0 aromatic heterocycles. The Kier molecular flexibility index (Phi) is 6.07. The molecule has 4 aliphatic carbocycles. The SMILES string of the molecule is COC(=O)C(=O)O[C@@]1(c2ccccc2)C[C@@]2(C)[C@@H](CCC23OCCO3)[C@@H]2CC=C3CC4(CC[C@]3(C)[C@H]21)OCCO4. The molecule has 1 aromatic rings. The first-order valence-electron chi connectivity index (χ1n) is 14.8. The molecule has 0 N–H and O–H groups in total. The maximum absolute atomic E-state index is 13.5. The molecule has 2 heterocycles. The van der Waals surface area contributed by atoms with E-state index in [-0.39, 0.29) is 17.3 Å². The van der Waals surface area contributed by atoms with Gasteiger partial charge in [0.15, 0.2) is 11.6 Å². The number of carbonyl (C=O) groups is 2. The van der Waals surface area contributed by atoms with Gasteiger partial charge in [-0.2, -0.15) is 0 Å². The van der Waals surface area contributed by atoms with Crippen molar-refractivity contribution in [3.63, 3.8) is 0 Å². The van der Waals surface area contributed by atoms with Gasteiger partial charge in [-0.15, -0.1) is 0 Å². The van der Waals surface area contributed by atoms with Crippen LogP contribution in [0.4, 0.5) is 0 Å². The second-order valence-corrected chi connectivity index (χ2v) is 13.1. The molecule has 40 heavy (non-hydrogen) atoms. The molecule has 8 nitrogen and oxygen atoms in total. The van der Waals surface area contributed by atoms with Gasteiger partial charge in [0, 0.05) is 37.0 Å². The first-order valence-corrected chi connectivity index (χ1v) is 14.8. The van der Waals surface area contributed by atoms with Gasteiger partial charge in [-0.05, 0) is 42.1 Å². The first kappa shape index (κ1) is 26.6. The lowest BCUT2D eigenvalue weighted by Crippen LogP contribution is -2.65. The Balaban J connectivity index is 1.42. The fourth-order valence-corrected chi connectivity index (χ4v) is 9.96. The molecule has 3 saturated carbocycles. The average Bonchev–Trinajstić information content (AvgIpc) is 3.70. The van der Waals surface area contributed by atoms with E-state index < -0.39 is 34.5 Å². The molecule has 6 aliphatic rings. The van der Waals surface area contributed by atoms with Gasteiger partial charge in [0.25, 0.3) is 0 Å². The number of rotatable bonds is 2. The van der Waals surface area contributed by atoms with Gasteiger partial charge in [0.05, 0.1) is 33.5 Å². The predicted octanol–water partition coefficient (Wildman–Crippen LogP) is 4.66. The number of carbonyl (C=O) groups excluding carboxylic acids is 2. The number of allylic oxidation sites excluding steroid dienone is 1. The average molecular weight is 553 g/mol. The smallest absolute Gasteiger partial charge is 0.418 e. The summed E-state index contributed by atoms with van der Waals surface area (Å²) in [5, 5.41) is 0. The van der Waals surface area contributed by atoms with Crippen LogP contribution in [0.1, 0.15) is 64.4 Å². The molecule has 0 amide bonds. The van der Waals surface area contributed by atoms with Crippen LogP contribution in [0.5, 0.6) is 0 Å². The lowest BCUT2D eigenvalue weighted by molar-refractivity contribution is -0.285. The Labute approximate surface area is 235 Å². The van der Waals surface area contributed by atoms with Crippen molar-refractivity contribution < 1.29 is 38.0 Å². The van der Waals surface area contributed by atoms with E-state index in [1.54, 1.807) is 0 Å². The fraction of sp³-hybridized carbons (Fsp3) is 0.688. The number of fused-ring (bicyclic) bond motifs is 6. The molecule has 1 aromatic carbocycles. The summed E-state index contributed by atoms with van der Waals surface area (Å²) in [5.41, 5.74) is 0.404. The third-order valence-electron chi connectivity index (χ3n) is 11.5. The van der Waals surface area contributed by atoms with Crippen molar-refractivity contribution in [1.29, 1.82) is 0 Å². The lowest BCUT2D eigenvalue weighted by Gasteiger charge is -2.65. The van der Waals surface area contributed by atoms with Gasteiger partial charge in [0.2, 0.25) is 0 Å². The highest BCUT2D eigenvalue weighted by molar-refractivity contribution is 6.29. The number of ether oxygens (including phenoxy) is 6. The molecule has 2 saturated heterocycles. The lowest BCUT2D eigenvalue weighted by atomic mass is 9.42. The highest BCUT2D eigenvalue weighted by Crippen LogP contribution is 2.74. The van der Waals surface area contributed by atoms with Crippen LogP contribution >= 0.6 is 0 Å². The van der Waals surface area contributed by atoms with Gasteiger partial charge >= 0.3 is 11.9 Å². The van der Waals surface area contributed by atoms with Crippen molar-refractivity contribution in [2.45, 2.75) is 76.0 Å². The van der Waals surface area contributed by atoms with E-state index in [0.29, 0.717) is 45.2 Å². The first-order chi connectivity index (χ1) is 19.2. The van der Waals surface area contributed by atoms with E-state index in [1.807, 2.05) is 30.3 Å². The van der Waals surface area contributed by atoms with E-state index in [4.69, 9.17) is 28.4 Å². The van der Waals surface area contributed by atoms with Crippen LogP contribution in [0, 0.1) is 28.6 Å². The Morgan fingerprint density at radius 2 is 1.60 bits per heavy atom. The normalized spacial score (nSPS) is 40.7. The van der Waals surface area contributed by atoms with Crippen LogP contribution in [0.15, 0.2) is 42.0 Å². The van der Waals surface area contributed by atoms with Gasteiger partial charge in [-0.3, -0.25) is 0 Å². The predicted molar refractivity (Wildman–Crippen MR) is 143 cm³/mol. The third kappa shape index (κ3) is 3.52. The molecule has 8 heteroatoms. The second-order valence-electron chi connectivity index (χ2n) is 13.1. The number of hydrogen-bond donors (Lipinski definition) is 0. The molecular weight excluding hydrogens is 512 g/mol. The largest absolute Gasteiger partial charge is 0.461 e. The van der Waals surface area contributed by atoms with Gasteiger partial charge in [-0.25, -0.2) is 9.59 Å². The number of hydrogen-bond acceptors (Lipinski definition) is 8. The summed E-state index contributed by atoms with van der Waals surface area (Å²) in [6.07, 6.45) is 7.89. The molecular formula is C32H40O8. The Bertz CT molecular complexity index is 1210. The monoisotopic (exact) mass is 552 g/mol. The topological polar surface area (TPSA) is 89.5 Å². The minimum Gasteiger partial charge on any atom is -0.461 e. The fourth-order valence-electron chi connectivity index (χ4n) is 9.96. The van der Waals surface area contributed by atoms with E-state index >= 15 is 0 Å². The number of benzene rings is 1. The molecule has 0 radical (unpaired) electrons. The molecule has 6 atom stereocenters. The van der Waals surface area contributed by atoms with Crippen molar-refractivity contribution in [2.24, 2.45) is 28.6 Å². The van der Waals surface area contributed by atoms with Gasteiger partial charge in [-0.1, -0.05) is 55.8 Å². The summed E-state index contributed by atoms with van der Waals surface area (Å²) in [5.74, 6) is -2.79. The summed E-state index contributed by atoms with van der Waals surface area (Å²) in [4.78, 5) is 26.1. The van der Waals surface area contributed by atoms with Crippen LogP contribution in [0.25, 0.3) is 0 Å². The number of methoxy groups -OCH3 is 1. The number of esters is 2.